The lowest BCUT2D eigenvalue weighted by Crippen LogP contribution is -3.00. The van der Waals surface area contributed by atoms with Crippen molar-refractivity contribution in [3.05, 3.63) is 12.2 Å². The van der Waals surface area contributed by atoms with Gasteiger partial charge < -0.3 is 33.2 Å². The second kappa shape index (κ2) is 3.64. The number of nitrogens with zero attached hydrogens (tertiary/aromatic N) is 1. The van der Waals surface area contributed by atoms with E-state index in [2.05, 4.69) is 26.2 Å². The molecule has 0 aromatic rings. The summed E-state index contributed by atoms with van der Waals surface area (Å²) in [6, 6.07) is 1.29. The van der Waals surface area contributed by atoms with Crippen LogP contribution in [0.25, 0.3) is 0 Å². The topological polar surface area (TPSA) is 9.23 Å². The quantitative estimate of drug-likeness (QED) is 0.278. The largest absolute Gasteiger partial charge is 1.00 e. The van der Waals surface area contributed by atoms with Crippen molar-refractivity contribution < 1.29 is 33.2 Å². The van der Waals surface area contributed by atoms with Crippen molar-refractivity contribution in [1.82, 2.24) is 0 Å². The second-order valence-corrected chi connectivity index (χ2v) is 4.05. The Morgan fingerprint density at radius 2 is 2.08 bits per heavy atom. The highest BCUT2D eigenvalue weighted by Gasteiger charge is 2.40. The molecule has 0 amide bonds. The summed E-state index contributed by atoms with van der Waals surface area (Å²) >= 11 is 0. The van der Waals surface area contributed by atoms with Crippen LogP contribution >= 0.6 is 0 Å². The van der Waals surface area contributed by atoms with Crippen LogP contribution in [0.4, 0.5) is 0 Å². The van der Waals surface area contributed by atoms with E-state index in [-0.39, 0.29) is 24.0 Å². The lowest BCUT2D eigenvalue weighted by Gasteiger charge is -2.48. The van der Waals surface area contributed by atoms with Crippen LogP contribution in [-0.2, 0) is 4.74 Å². The van der Waals surface area contributed by atoms with Crippen molar-refractivity contribution in [3.63, 3.8) is 0 Å². The number of likely N-dealkylation sites (N-methyl/N-ethyl adjacent to an activating group) is 1. The zero-order chi connectivity index (χ0) is 7.90. The molecule has 2 atom stereocenters. The smallest absolute Gasteiger partial charge is 0.131 e. The van der Waals surface area contributed by atoms with E-state index < -0.39 is 0 Å². The molecule has 2 rings (SSSR count). The summed E-state index contributed by atoms with van der Waals surface area (Å²) in [5.74, 6) is 0. The van der Waals surface area contributed by atoms with Crippen LogP contribution in [0.2, 0.25) is 0 Å². The zero-order valence-corrected chi connectivity index (χ0v) is 9.82. The molecule has 0 spiro atoms. The highest BCUT2D eigenvalue weighted by Crippen LogP contribution is 2.26. The molecule has 2 bridgehead atoms. The summed E-state index contributed by atoms with van der Waals surface area (Å²) in [5.41, 5.74) is 0. The van der Waals surface area contributed by atoms with E-state index in [0.717, 1.165) is 17.7 Å². The summed E-state index contributed by atoms with van der Waals surface area (Å²) in [6.45, 7) is 1.84. The van der Waals surface area contributed by atoms with Crippen molar-refractivity contribution in [2.24, 2.45) is 0 Å². The van der Waals surface area contributed by atoms with Gasteiger partial charge in [0.1, 0.15) is 18.7 Å². The monoisotopic (exact) mass is 281 g/mol. The molecule has 2 aliphatic rings. The number of ether oxygens (including phenoxy) is 1. The minimum atomic E-state index is 0. The molecule has 0 aromatic carbocycles. The molecule has 2 heterocycles. The molecule has 1 fully saturated rings. The Morgan fingerprint density at radius 1 is 1.33 bits per heavy atom. The van der Waals surface area contributed by atoms with Crippen LogP contribution in [0.15, 0.2) is 12.2 Å². The van der Waals surface area contributed by atoms with Crippen LogP contribution in [-0.4, -0.2) is 43.9 Å². The van der Waals surface area contributed by atoms with Gasteiger partial charge in [0.2, 0.25) is 0 Å². The lowest BCUT2D eigenvalue weighted by molar-refractivity contribution is -0.942. The van der Waals surface area contributed by atoms with Gasteiger partial charge in [-0.2, -0.15) is 0 Å². The molecule has 3 heteroatoms. The predicted octanol–water partition coefficient (Wildman–Crippen LogP) is -2.21. The molecule has 2 nitrogen and oxygen atoms in total. The Labute approximate surface area is 91.2 Å². The van der Waals surface area contributed by atoms with Crippen molar-refractivity contribution in [3.8, 4) is 0 Å². The minimum absolute atomic E-state index is 0. The van der Waals surface area contributed by atoms with Gasteiger partial charge in [-0.3, -0.25) is 0 Å². The maximum absolute atomic E-state index is 5.51. The molecule has 12 heavy (non-hydrogen) atoms. The first kappa shape index (κ1) is 10.5. The molecular weight excluding hydrogens is 265 g/mol. The Balaban J connectivity index is 0.000000720. The third-order valence-corrected chi connectivity index (χ3v) is 3.16. The van der Waals surface area contributed by atoms with Gasteiger partial charge in [-0.15, -0.1) is 0 Å². The Kier molecular flexibility index (Phi) is 3.17. The van der Waals surface area contributed by atoms with Crippen LogP contribution in [0.5, 0.6) is 0 Å². The standard InChI is InChI=1S/C9H16NO.HI/c1-10(2)8-4-3-5-9(10)7-11-6-8;/h3-4,8-9H,5-7H2,1-2H3;1H/q+1;/p-1. The zero-order valence-electron chi connectivity index (χ0n) is 7.66. The third-order valence-electron chi connectivity index (χ3n) is 3.16. The first-order chi connectivity index (χ1) is 5.21. The van der Waals surface area contributed by atoms with E-state index in [1.54, 1.807) is 0 Å². The molecule has 0 N–H and O–H groups in total. The summed E-state index contributed by atoms with van der Waals surface area (Å²) in [6.07, 6.45) is 5.79. The summed E-state index contributed by atoms with van der Waals surface area (Å²) in [4.78, 5) is 0. The predicted molar refractivity (Wildman–Crippen MR) is 44.3 cm³/mol. The Bertz CT molecular complexity index is 191. The number of morpholine rings is 1. The molecule has 2 unspecified atom stereocenters. The summed E-state index contributed by atoms with van der Waals surface area (Å²) in [5, 5.41) is 0. The molecule has 1 saturated heterocycles. The van der Waals surface area contributed by atoms with Gasteiger partial charge in [-0.25, -0.2) is 0 Å². The van der Waals surface area contributed by atoms with Gasteiger partial charge in [0.05, 0.1) is 20.7 Å². The van der Waals surface area contributed by atoms with E-state index >= 15 is 0 Å². The second-order valence-electron chi connectivity index (χ2n) is 4.05. The first-order valence-electron chi connectivity index (χ1n) is 4.29. The fraction of sp³-hybridized carbons (Fsp3) is 0.778. The molecule has 0 aromatic heterocycles. The van der Waals surface area contributed by atoms with Crippen LogP contribution in [0.1, 0.15) is 6.42 Å². The molecule has 2 aliphatic heterocycles. The van der Waals surface area contributed by atoms with E-state index in [4.69, 9.17) is 4.74 Å². The van der Waals surface area contributed by atoms with Crippen LogP contribution < -0.4 is 24.0 Å². The van der Waals surface area contributed by atoms with Gasteiger partial charge in [0.15, 0.2) is 0 Å². The van der Waals surface area contributed by atoms with Gasteiger partial charge in [-0.05, 0) is 6.08 Å². The van der Waals surface area contributed by atoms with Gasteiger partial charge in [0, 0.05) is 6.42 Å². The molecule has 70 valence electrons. The fourth-order valence-electron chi connectivity index (χ4n) is 1.99. The van der Waals surface area contributed by atoms with Crippen molar-refractivity contribution in [2.45, 2.75) is 18.5 Å². The minimum Gasteiger partial charge on any atom is -1.00 e. The average Bonchev–Trinajstić information content (AvgIpc) is 1.82. The number of halogens is 1. The Morgan fingerprint density at radius 3 is 2.67 bits per heavy atom. The number of hydrogen-bond acceptors (Lipinski definition) is 1. The third kappa shape index (κ3) is 1.54. The van der Waals surface area contributed by atoms with E-state index in [1.807, 2.05) is 0 Å². The fourth-order valence-corrected chi connectivity index (χ4v) is 1.99. The molecular formula is C9H16INO. The average molecular weight is 281 g/mol. The number of rotatable bonds is 0. The van der Waals surface area contributed by atoms with Crippen molar-refractivity contribution in [2.75, 3.05) is 27.3 Å². The van der Waals surface area contributed by atoms with Crippen molar-refractivity contribution >= 4 is 0 Å². The Hall–Kier alpha value is 0.390. The van der Waals surface area contributed by atoms with Crippen LogP contribution in [0.3, 0.4) is 0 Å². The molecule has 0 radical (unpaired) electrons. The van der Waals surface area contributed by atoms with Gasteiger partial charge >= 0.3 is 0 Å². The highest BCUT2D eigenvalue weighted by molar-refractivity contribution is 4.98. The van der Waals surface area contributed by atoms with Crippen molar-refractivity contribution in [1.29, 1.82) is 0 Å². The van der Waals surface area contributed by atoms with Gasteiger partial charge in [-0.1, -0.05) is 6.08 Å². The maximum atomic E-state index is 5.51. The van der Waals surface area contributed by atoms with Gasteiger partial charge in [0.25, 0.3) is 0 Å². The van der Waals surface area contributed by atoms with E-state index in [0.29, 0.717) is 12.1 Å². The van der Waals surface area contributed by atoms with E-state index in [1.165, 1.54) is 6.42 Å². The summed E-state index contributed by atoms with van der Waals surface area (Å²) < 4.78 is 6.63. The SMILES string of the molecule is C[N+]1(C)C2C=CCC1COC2.[I-]. The van der Waals surface area contributed by atoms with Crippen LogP contribution in [0, 0.1) is 0 Å². The maximum Gasteiger partial charge on any atom is 0.131 e. The first-order valence-corrected chi connectivity index (χ1v) is 4.29. The molecule has 0 saturated carbocycles. The van der Waals surface area contributed by atoms with E-state index in [9.17, 15) is 0 Å². The summed E-state index contributed by atoms with van der Waals surface area (Å²) in [7, 11) is 4.61. The number of fused-ring (bicyclic) bond motifs is 2. The number of quaternary nitrogens is 1. The normalized spacial score (nSPS) is 37.2. The highest BCUT2D eigenvalue weighted by atomic mass is 127. The molecule has 0 aliphatic carbocycles. The number of hydrogen-bond donors (Lipinski definition) is 0. The lowest BCUT2D eigenvalue weighted by atomic mass is 9.99.